The summed E-state index contributed by atoms with van der Waals surface area (Å²) < 4.78 is 52.1. The zero-order valence-corrected chi connectivity index (χ0v) is 29.8. The van der Waals surface area contributed by atoms with Crippen LogP contribution in [-0.2, 0) is 18.9 Å². The van der Waals surface area contributed by atoms with E-state index in [1.807, 2.05) is 0 Å². The van der Waals surface area contributed by atoms with Crippen molar-refractivity contribution in [2.75, 3.05) is 6.61 Å². The Bertz CT molecular complexity index is 1330. The summed E-state index contributed by atoms with van der Waals surface area (Å²) in [4.78, 5) is 0. The summed E-state index contributed by atoms with van der Waals surface area (Å²) in [7, 11) is 0. The van der Waals surface area contributed by atoms with E-state index in [0.29, 0.717) is 25.0 Å². The van der Waals surface area contributed by atoms with Gasteiger partial charge in [0.25, 0.3) is 0 Å². The lowest BCUT2D eigenvalue weighted by molar-refractivity contribution is -0.303. The molecule has 0 aromatic rings. The van der Waals surface area contributed by atoms with Gasteiger partial charge in [0.1, 0.15) is 42.4 Å². The van der Waals surface area contributed by atoms with Crippen molar-refractivity contribution in [1.29, 1.82) is 0 Å². The number of alkyl halides is 2. The van der Waals surface area contributed by atoms with Crippen LogP contribution in [0.1, 0.15) is 107 Å². The van der Waals surface area contributed by atoms with Crippen LogP contribution in [0.25, 0.3) is 0 Å². The van der Waals surface area contributed by atoms with E-state index in [-0.39, 0.29) is 46.2 Å². The van der Waals surface area contributed by atoms with Crippen LogP contribution in [0, 0.1) is 44.8 Å². The second-order valence-corrected chi connectivity index (χ2v) is 18.5. The average molecular weight is 685 g/mol. The van der Waals surface area contributed by atoms with Crippen molar-refractivity contribution < 1.29 is 53.3 Å². The minimum Gasteiger partial charge on any atom is -0.489 e. The maximum Gasteiger partial charge on any atom is 0.353 e. The predicted octanol–water partition coefficient (Wildman–Crippen LogP) is 4.66. The van der Waals surface area contributed by atoms with Crippen molar-refractivity contribution >= 4 is 0 Å². The smallest absolute Gasteiger partial charge is 0.353 e. The Morgan fingerprint density at radius 2 is 1.54 bits per heavy atom. The molecule has 5 fully saturated rings. The van der Waals surface area contributed by atoms with E-state index < -0.39 is 60.0 Å². The molecule has 274 valence electrons. The first-order chi connectivity index (χ1) is 22.0. The first kappa shape index (κ1) is 35.5. The molecule has 2 spiro atoms. The fourth-order valence-electron chi connectivity index (χ4n) is 13.0. The zero-order chi connectivity index (χ0) is 35.2. The Hall–Kier alpha value is -0.920. The number of halogens is 2. The molecule has 0 bridgehead atoms. The zero-order valence-electron chi connectivity index (χ0n) is 29.8. The van der Waals surface area contributed by atoms with Gasteiger partial charge >= 0.3 is 6.11 Å². The molecule has 5 N–H and O–H groups in total. The highest BCUT2D eigenvalue weighted by molar-refractivity contribution is 5.43. The third-order valence-corrected chi connectivity index (χ3v) is 15.3. The number of rotatable bonds is 6. The highest BCUT2D eigenvalue weighted by atomic mass is 19.3. The molecule has 1 saturated heterocycles. The van der Waals surface area contributed by atoms with Crippen LogP contribution in [-0.4, -0.2) is 92.9 Å². The van der Waals surface area contributed by atoms with Gasteiger partial charge in [-0.3, -0.25) is 0 Å². The summed E-state index contributed by atoms with van der Waals surface area (Å²) in [5, 5.41) is 54.1. The number of aliphatic hydroxyl groups is 5. The van der Waals surface area contributed by atoms with Crippen LogP contribution in [0.2, 0.25) is 0 Å². The minimum atomic E-state index is -3.46. The molecule has 0 aromatic heterocycles. The lowest BCUT2D eigenvalue weighted by atomic mass is 9.41. The molecular weight excluding hydrogens is 626 g/mol. The monoisotopic (exact) mass is 684 g/mol. The number of allylic oxidation sites excluding steroid dienone is 1. The maximum absolute atomic E-state index is 14.2. The third-order valence-electron chi connectivity index (χ3n) is 15.3. The molecule has 0 unspecified atom stereocenters. The SMILES string of the molecule is C[C@@H]1C[C@H]([C@H](OC(C)(F)F)C(C)(C)O)OC2=C1[C@@]1(C)CC[C@@]34C[C@@]35CC[C@H](O[C@@H]3OC[C@@H](O)[C@H](O)[C@H]3O)C(C)(C)[C@@H]5CC[C@H]4[C@]1(C)[C@H]2O. The van der Waals surface area contributed by atoms with Crippen LogP contribution in [0.15, 0.2) is 11.3 Å². The molecular formula is C37H58F2O9. The molecule has 9 nitrogen and oxygen atoms in total. The summed E-state index contributed by atoms with van der Waals surface area (Å²) in [6, 6.07) is 0. The summed E-state index contributed by atoms with van der Waals surface area (Å²) in [5.74, 6) is 1.07. The normalized spacial score (nSPS) is 51.9. The van der Waals surface area contributed by atoms with Gasteiger partial charge in [-0.25, -0.2) is 0 Å². The van der Waals surface area contributed by atoms with Crippen molar-refractivity contribution in [3.63, 3.8) is 0 Å². The van der Waals surface area contributed by atoms with Gasteiger partial charge in [0.05, 0.1) is 18.3 Å². The molecule has 0 aromatic carbocycles. The Morgan fingerprint density at radius 1 is 0.896 bits per heavy atom. The van der Waals surface area contributed by atoms with Gasteiger partial charge in [-0.2, -0.15) is 8.78 Å². The molecule has 15 atom stereocenters. The van der Waals surface area contributed by atoms with Crippen molar-refractivity contribution in [1.82, 2.24) is 0 Å². The van der Waals surface area contributed by atoms with Crippen LogP contribution >= 0.6 is 0 Å². The molecule has 48 heavy (non-hydrogen) atoms. The highest BCUT2D eigenvalue weighted by Crippen LogP contribution is 2.89. The maximum atomic E-state index is 14.2. The Balaban J connectivity index is 1.15. The summed E-state index contributed by atoms with van der Waals surface area (Å²) >= 11 is 0. The Kier molecular flexibility index (Phi) is 7.99. The molecule has 7 rings (SSSR count). The average Bonchev–Trinajstić information content (AvgIpc) is 3.61. The first-order valence-corrected chi connectivity index (χ1v) is 18.2. The number of ether oxygens (including phenoxy) is 4. The standard InChI is InChI=1S/C37H58F2O9/c1-18-15-20(29(32(4,5)44)48-35(8,38)39)46-27-24(18)33(6)13-14-37-17-36(37)12-11-23(47-30-26(42)25(41)19(40)16-45-30)31(2,3)21(36)9-10-22(37)34(33,7)28(27)43/h18-23,25-26,28-30,40-44H,9-17H2,1-8H3/t18-,19-,20-,21+,22+,23+,25+,26-,28+,29+,30+,33-,34-,36-,37+/m1/s1. The van der Waals surface area contributed by atoms with Crippen LogP contribution in [0.5, 0.6) is 0 Å². The van der Waals surface area contributed by atoms with Gasteiger partial charge in [0, 0.05) is 17.8 Å². The highest BCUT2D eigenvalue weighted by Gasteiger charge is 2.83. The molecule has 5 aliphatic carbocycles. The van der Waals surface area contributed by atoms with Crippen LogP contribution in [0.3, 0.4) is 0 Å². The van der Waals surface area contributed by atoms with Gasteiger partial charge in [0.2, 0.25) is 0 Å². The Morgan fingerprint density at radius 3 is 2.19 bits per heavy atom. The van der Waals surface area contributed by atoms with E-state index in [1.54, 1.807) is 0 Å². The van der Waals surface area contributed by atoms with Crippen molar-refractivity contribution in [2.24, 2.45) is 44.8 Å². The molecule has 0 radical (unpaired) electrons. The van der Waals surface area contributed by atoms with E-state index in [1.165, 1.54) is 13.8 Å². The van der Waals surface area contributed by atoms with Crippen molar-refractivity contribution in [3.05, 3.63) is 11.3 Å². The van der Waals surface area contributed by atoms with Crippen LogP contribution < -0.4 is 0 Å². The summed E-state index contributed by atoms with van der Waals surface area (Å²) in [6.07, 6.45) is -4.32. The van der Waals surface area contributed by atoms with E-state index in [2.05, 4.69) is 34.6 Å². The van der Waals surface area contributed by atoms with Gasteiger partial charge < -0.3 is 44.5 Å². The topological polar surface area (TPSA) is 138 Å². The predicted molar refractivity (Wildman–Crippen MR) is 170 cm³/mol. The second-order valence-electron chi connectivity index (χ2n) is 18.5. The van der Waals surface area contributed by atoms with E-state index in [9.17, 15) is 34.3 Å². The number of hydrogen-bond acceptors (Lipinski definition) is 9. The van der Waals surface area contributed by atoms with Gasteiger partial charge in [0.15, 0.2) is 6.29 Å². The minimum absolute atomic E-state index is 0.0405. The number of fused-ring (bicyclic) bond motifs is 3. The molecule has 2 aliphatic heterocycles. The van der Waals surface area contributed by atoms with Gasteiger partial charge in [-0.15, -0.1) is 0 Å². The second kappa shape index (κ2) is 10.8. The molecule has 2 heterocycles. The van der Waals surface area contributed by atoms with Gasteiger partial charge in [-0.05, 0) is 105 Å². The van der Waals surface area contributed by atoms with E-state index in [0.717, 1.165) is 50.5 Å². The molecule has 4 saturated carbocycles. The fraction of sp³-hybridized carbons (Fsp3) is 0.946. The third kappa shape index (κ3) is 4.66. The first-order valence-electron chi connectivity index (χ1n) is 18.2. The molecule has 0 amide bonds. The van der Waals surface area contributed by atoms with Crippen LogP contribution in [0.4, 0.5) is 8.78 Å². The van der Waals surface area contributed by atoms with Crippen molar-refractivity contribution in [2.45, 2.75) is 167 Å². The van der Waals surface area contributed by atoms with Crippen molar-refractivity contribution in [3.8, 4) is 0 Å². The summed E-state index contributed by atoms with van der Waals surface area (Å²) in [5.41, 5.74) is -1.39. The van der Waals surface area contributed by atoms with E-state index in [4.69, 9.17) is 18.9 Å². The lowest BCUT2D eigenvalue weighted by Gasteiger charge is -2.63. The fourth-order valence-corrected chi connectivity index (χ4v) is 13.0. The lowest BCUT2D eigenvalue weighted by Crippen LogP contribution is -2.61. The van der Waals surface area contributed by atoms with E-state index >= 15 is 0 Å². The molecule has 7 aliphatic rings. The quantitative estimate of drug-likeness (QED) is 0.253. The molecule has 11 heteroatoms. The number of hydrogen-bond donors (Lipinski definition) is 5. The largest absolute Gasteiger partial charge is 0.489 e. The Labute approximate surface area is 283 Å². The summed E-state index contributed by atoms with van der Waals surface area (Å²) in [6.45, 7) is 14.6. The van der Waals surface area contributed by atoms with Gasteiger partial charge in [-0.1, -0.05) is 34.6 Å². The number of aliphatic hydroxyl groups excluding tert-OH is 4.